The highest BCUT2D eigenvalue weighted by atomic mass is 15.3. The van der Waals surface area contributed by atoms with Gasteiger partial charge in [0.2, 0.25) is 5.95 Å². The largest absolute Gasteiger partial charge is 0.356 e. The fraction of sp³-hybridized carbons (Fsp3) is 0.294. The number of pyridine rings is 1. The molecule has 0 fully saturated rings. The lowest BCUT2D eigenvalue weighted by atomic mass is 10.2. The lowest BCUT2D eigenvalue weighted by molar-refractivity contribution is 0.595. The number of hydrogen-bond donors (Lipinski definition) is 1. The van der Waals surface area contributed by atoms with Crippen LogP contribution < -0.4 is 5.32 Å². The monoisotopic (exact) mass is 321 g/mol. The van der Waals surface area contributed by atoms with Gasteiger partial charge in [-0.3, -0.25) is 0 Å². The minimum atomic E-state index is 0.310. The maximum Gasteiger partial charge on any atom is 0.240 e. The van der Waals surface area contributed by atoms with E-state index in [-0.39, 0.29) is 0 Å². The van der Waals surface area contributed by atoms with Gasteiger partial charge >= 0.3 is 0 Å². The molecular weight excluding hydrogens is 302 g/mol. The van der Waals surface area contributed by atoms with Crippen LogP contribution in [0, 0.1) is 6.92 Å². The minimum absolute atomic E-state index is 0.310. The first-order chi connectivity index (χ1) is 11.6. The Morgan fingerprint density at radius 2 is 1.96 bits per heavy atom. The van der Waals surface area contributed by atoms with Crippen molar-refractivity contribution in [3.05, 3.63) is 36.4 Å². The van der Waals surface area contributed by atoms with E-state index in [1.165, 1.54) is 0 Å². The van der Waals surface area contributed by atoms with Crippen LogP contribution >= 0.6 is 0 Å². The summed E-state index contributed by atoms with van der Waals surface area (Å²) in [5, 5.41) is 7.35. The molecule has 0 spiro atoms. The summed E-state index contributed by atoms with van der Waals surface area (Å²) in [5.74, 6) is 1.56. The summed E-state index contributed by atoms with van der Waals surface area (Å²) in [6.07, 6.45) is 3.73. The van der Waals surface area contributed by atoms with Crippen LogP contribution in [0.4, 0.5) is 5.95 Å². The fourth-order valence-electron chi connectivity index (χ4n) is 3.09. The van der Waals surface area contributed by atoms with E-state index in [4.69, 9.17) is 4.98 Å². The first-order valence-electron chi connectivity index (χ1n) is 7.96. The first-order valence-corrected chi connectivity index (χ1v) is 7.96. The molecule has 24 heavy (non-hydrogen) atoms. The van der Waals surface area contributed by atoms with E-state index in [0.29, 0.717) is 12.0 Å². The van der Waals surface area contributed by atoms with Crippen molar-refractivity contribution in [1.29, 1.82) is 0 Å². The molecule has 0 aliphatic rings. The van der Waals surface area contributed by atoms with Crippen molar-refractivity contribution in [2.24, 2.45) is 0 Å². The van der Waals surface area contributed by atoms with E-state index in [1.54, 1.807) is 7.05 Å². The van der Waals surface area contributed by atoms with E-state index >= 15 is 0 Å². The maximum absolute atomic E-state index is 4.87. The summed E-state index contributed by atoms with van der Waals surface area (Å²) in [6.45, 7) is 6.30. The van der Waals surface area contributed by atoms with Crippen molar-refractivity contribution >= 4 is 22.6 Å². The Bertz CT molecular complexity index is 1040. The normalized spacial score (nSPS) is 11.7. The summed E-state index contributed by atoms with van der Waals surface area (Å²) in [7, 11) is 1.80. The SMILES string of the molecule is CNc1ncc2c(-c3ccc4nc(C)n(C(C)C)c4n3)ccn2n1. The highest BCUT2D eigenvalue weighted by Gasteiger charge is 2.14. The van der Waals surface area contributed by atoms with Gasteiger partial charge in [0.25, 0.3) is 0 Å². The van der Waals surface area contributed by atoms with Crippen LogP contribution in [-0.4, -0.2) is 36.2 Å². The summed E-state index contributed by atoms with van der Waals surface area (Å²) in [5.41, 5.74) is 4.66. The zero-order valence-corrected chi connectivity index (χ0v) is 14.1. The molecule has 0 aliphatic heterocycles. The van der Waals surface area contributed by atoms with Crippen molar-refractivity contribution in [1.82, 2.24) is 29.1 Å². The summed E-state index contributed by atoms with van der Waals surface area (Å²) in [4.78, 5) is 13.8. The van der Waals surface area contributed by atoms with E-state index < -0.39 is 0 Å². The average molecular weight is 321 g/mol. The molecule has 0 radical (unpaired) electrons. The van der Waals surface area contributed by atoms with Gasteiger partial charge in [-0.15, -0.1) is 5.10 Å². The van der Waals surface area contributed by atoms with E-state index in [9.17, 15) is 0 Å². The zero-order chi connectivity index (χ0) is 16.8. The predicted molar refractivity (Wildman–Crippen MR) is 94.2 cm³/mol. The molecule has 1 N–H and O–H groups in total. The fourth-order valence-corrected chi connectivity index (χ4v) is 3.09. The van der Waals surface area contributed by atoms with Gasteiger partial charge in [0.1, 0.15) is 11.3 Å². The van der Waals surface area contributed by atoms with Crippen LogP contribution in [0.2, 0.25) is 0 Å². The number of rotatable bonds is 3. The molecule has 122 valence electrons. The molecule has 0 atom stereocenters. The zero-order valence-electron chi connectivity index (χ0n) is 14.1. The molecule has 4 aromatic rings. The molecule has 7 nitrogen and oxygen atoms in total. The van der Waals surface area contributed by atoms with Crippen LogP contribution in [0.25, 0.3) is 27.9 Å². The summed E-state index contributed by atoms with van der Waals surface area (Å²) < 4.78 is 3.97. The Hall–Kier alpha value is -2.96. The van der Waals surface area contributed by atoms with Crippen molar-refractivity contribution in [3.63, 3.8) is 0 Å². The molecule has 0 bridgehead atoms. The highest BCUT2D eigenvalue weighted by molar-refractivity contribution is 5.82. The Balaban J connectivity index is 1.92. The molecule has 0 amide bonds. The second-order valence-electron chi connectivity index (χ2n) is 6.05. The second-order valence-corrected chi connectivity index (χ2v) is 6.05. The molecule has 4 rings (SSSR count). The number of hydrogen-bond acceptors (Lipinski definition) is 5. The van der Waals surface area contributed by atoms with Crippen molar-refractivity contribution in [2.45, 2.75) is 26.8 Å². The predicted octanol–water partition coefficient (Wildman–Crippen LogP) is 3.07. The van der Waals surface area contributed by atoms with E-state index in [1.807, 2.05) is 42.0 Å². The first kappa shape index (κ1) is 14.6. The molecule has 7 heteroatoms. The molecular formula is C17H19N7. The van der Waals surface area contributed by atoms with E-state index in [0.717, 1.165) is 33.8 Å². The molecule has 0 aromatic carbocycles. The molecule has 0 aliphatic carbocycles. The van der Waals surface area contributed by atoms with Crippen LogP contribution in [0.5, 0.6) is 0 Å². The van der Waals surface area contributed by atoms with Gasteiger partial charge in [0.05, 0.1) is 17.4 Å². The third-order valence-electron chi connectivity index (χ3n) is 4.15. The smallest absolute Gasteiger partial charge is 0.240 e. The number of aryl methyl sites for hydroxylation is 1. The summed E-state index contributed by atoms with van der Waals surface area (Å²) >= 11 is 0. The van der Waals surface area contributed by atoms with Gasteiger partial charge in [-0.05, 0) is 39.0 Å². The van der Waals surface area contributed by atoms with Crippen molar-refractivity contribution < 1.29 is 0 Å². The lowest BCUT2D eigenvalue weighted by Gasteiger charge is -2.10. The van der Waals surface area contributed by atoms with E-state index in [2.05, 4.69) is 38.8 Å². The van der Waals surface area contributed by atoms with Gasteiger partial charge in [-0.2, -0.15) is 0 Å². The van der Waals surface area contributed by atoms with Gasteiger partial charge in [0.15, 0.2) is 5.65 Å². The van der Waals surface area contributed by atoms with Gasteiger partial charge in [-0.1, -0.05) is 0 Å². The van der Waals surface area contributed by atoms with Crippen molar-refractivity contribution in [3.8, 4) is 11.3 Å². The second kappa shape index (κ2) is 5.30. The van der Waals surface area contributed by atoms with Crippen molar-refractivity contribution in [2.75, 3.05) is 12.4 Å². The molecule has 0 unspecified atom stereocenters. The number of anilines is 1. The van der Waals surface area contributed by atoms with Crippen LogP contribution in [0.3, 0.4) is 0 Å². The Kier molecular flexibility index (Phi) is 3.23. The third kappa shape index (κ3) is 2.12. The lowest BCUT2D eigenvalue weighted by Crippen LogP contribution is -2.04. The third-order valence-corrected chi connectivity index (χ3v) is 4.15. The number of imidazole rings is 1. The summed E-state index contributed by atoms with van der Waals surface area (Å²) in [6, 6.07) is 6.35. The Labute approximate surface area is 139 Å². The molecule has 4 aromatic heterocycles. The van der Waals surface area contributed by atoms with Crippen LogP contribution in [0.1, 0.15) is 25.7 Å². The Morgan fingerprint density at radius 3 is 2.71 bits per heavy atom. The quantitative estimate of drug-likeness (QED) is 0.628. The average Bonchev–Trinajstić information content (AvgIpc) is 3.13. The number of nitrogens with one attached hydrogen (secondary N) is 1. The molecule has 4 heterocycles. The van der Waals surface area contributed by atoms with Crippen LogP contribution in [-0.2, 0) is 0 Å². The Morgan fingerprint density at radius 1 is 1.12 bits per heavy atom. The number of fused-ring (bicyclic) bond motifs is 2. The van der Waals surface area contributed by atoms with Gasteiger partial charge in [-0.25, -0.2) is 19.5 Å². The molecule has 0 saturated carbocycles. The standard InChI is InChI=1S/C17H19N7/c1-10(2)24-11(3)20-14-6-5-13(21-16(14)24)12-7-8-23-15(12)9-19-17(18-4)22-23/h5-10H,1-4H3,(H,18,22). The topological polar surface area (TPSA) is 72.9 Å². The highest BCUT2D eigenvalue weighted by Crippen LogP contribution is 2.27. The maximum atomic E-state index is 4.87. The molecule has 0 saturated heterocycles. The van der Waals surface area contributed by atoms with Gasteiger partial charge in [0, 0.05) is 24.8 Å². The van der Waals surface area contributed by atoms with Crippen LogP contribution in [0.15, 0.2) is 30.6 Å². The van der Waals surface area contributed by atoms with Gasteiger partial charge < -0.3 is 9.88 Å². The minimum Gasteiger partial charge on any atom is -0.356 e. The number of aromatic nitrogens is 6. The number of nitrogens with zero attached hydrogens (tertiary/aromatic N) is 6.